The number of nitro groups is 2. The van der Waals surface area contributed by atoms with Crippen molar-refractivity contribution in [2.45, 2.75) is 0 Å². The Labute approximate surface area is 123 Å². The molecule has 0 atom stereocenters. The Balaban J connectivity index is 2.29. The van der Waals surface area contributed by atoms with Crippen LogP contribution in [0.5, 0.6) is 11.5 Å². The van der Waals surface area contributed by atoms with Gasteiger partial charge in [-0.15, -0.1) is 0 Å². The molecule has 2 aromatic rings. The first kappa shape index (κ1) is 14.9. The van der Waals surface area contributed by atoms with E-state index in [0.717, 1.165) is 12.1 Å². The number of non-ortho nitro benzene ring substituents is 2. The third kappa shape index (κ3) is 3.15. The largest absolute Gasteiger partial charge is 0.507 e. The first-order chi connectivity index (χ1) is 10.4. The minimum absolute atomic E-state index is 0.0587. The van der Waals surface area contributed by atoms with E-state index in [1.54, 1.807) is 0 Å². The molecule has 9 heteroatoms. The molecule has 0 saturated carbocycles. The summed E-state index contributed by atoms with van der Waals surface area (Å²) in [6.45, 7) is 0. The van der Waals surface area contributed by atoms with Crippen LogP contribution in [0, 0.1) is 20.2 Å². The van der Waals surface area contributed by atoms with E-state index in [4.69, 9.17) is 0 Å². The fourth-order valence-corrected chi connectivity index (χ4v) is 1.63. The highest BCUT2D eigenvalue weighted by molar-refractivity contribution is 5.86. The standard InChI is InChI=1S/C13H9N3O6/c17-12-5-9(15(19)20)2-1-8(12)7-14-11-4-3-10(16(21)22)6-13(11)18/h1-7,17-18H. The van der Waals surface area contributed by atoms with Crippen LogP contribution in [0.4, 0.5) is 17.1 Å². The van der Waals surface area contributed by atoms with Crippen molar-refractivity contribution in [1.29, 1.82) is 0 Å². The van der Waals surface area contributed by atoms with E-state index in [9.17, 15) is 30.4 Å². The average molecular weight is 303 g/mol. The molecular formula is C13H9N3O6. The molecule has 0 amide bonds. The predicted molar refractivity (Wildman–Crippen MR) is 76.8 cm³/mol. The molecule has 22 heavy (non-hydrogen) atoms. The Bertz CT molecular complexity index is 722. The van der Waals surface area contributed by atoms with Crippen molar-refractivity contribution in [3.05, 3.63) is 62.2 Å². The van der Waals surface area contributed by atoms with Gasteiger partial charge in [0.05, 0.1) is 22.0 Å². The molecule has 2 rings (SSSR count). The van der Waals surface area contributed by atoms with Gasteiger partial charge in [0, 0.05) is 23.9 Å². The summed E-state index contributed by atoms with van der Waals surface area (Å²) in [4.78, 5) is 23.7. The van der Waals surface area contributed by atoms with E-state index in [1.807, 2.05) is 0 Å². The van der Waals surface area contributed by atoms with Gasteiger partial charge in [-0.05, 0) is 12.1 Å². The summed E-state index contributed by atoms with van der Waals surface area (Å²) in [5.74, 6) is -0.744. The summed E-state index contributed by atoms with van der Waals surface area (Å²) in [5.41, 5.74) is -0.297. The van der Waals surface area contributed by atoms with Gasteiger partial charge in [0.25, 0.3) is 11.4 Å². The molecule has 0 radical (unpaired) electrons. The number of aliphatic imine (C=N–C) groups is 1. The number of hydrogen-bond donors (Lipinski definition) is 2. The summed E-state index contributed by atoms with van der Waals surface area (Å²) in [5, 5.41) is 40.4. The number of hydrogen-bond acceptors (Lipinski definition) is 7. The molecule has 0 fully saturated rings. The summed E-state index contributed by atoms with van der Waals surface area (Å²) in [6, 6.07) is 6.81. The molecule has 0 aliphatic carbocycles. The lowest BCUT2D eigenvalue weighted by atomic mass is 10.2. The molecular weight excluding hydrogens is 294 g/mol. The maximum absolute atomic E-state index is 10.5. The van der Waals surface area contributed by atoms with Crippen LogP contribution in [0.25, 0.3) is 0 Å². The molecule has 0 aliphatic rings. The minimum Gasteiger partial charge on any atom is -0.507 e. The van der Waals surface area contributed by atoms with E-state index in [0.29, 0.717) is 0 Å². The van der Waals surface area contributed by atoms with Gasteiger partial charge < -0.3 is 10.2 Å². The van der Waals surface area contributed by atoms with E-state index in [2.05, 4.69) is 4.99 Å². The van der Waals surface area contributed by atoms with Crippen molar-refractivity contribution in [2.75, 3.05) is 0 Å². The molecule has 2 N–H and O–H groups in total. The lowest BCUT2D eigenvalue weighted by Gasteiger charge is -2.00. The normalized spacial score (nSPS) is 10.7. The van der Waals surface area contributed by atoms with Gasteiger partial charge >= 0.3 is 0 Å². The zero-order chi connectivity index (χ0) is 16.3. The molecule has 0 bridgehead atoms. The Kier molecular flexibility index (Phi) is 3.98. The highest BCUT2D eigenvalue weighted by Crippen LogP contribution is 2.30. The van der Waals surface area contributed by atoms with Gasteiger partial charge in [0.15, 0.2) is 0 Å². The molecule has 9 nitrogen and oxygen atoms in total. The Morgan fingerprint density at radius 3 is 1.95 bits per heavy atom. The Morgan fingerprint density at radius 2 is 1.45 bits per heavy atom. The second kappa shape index (κ2) is 5.87. The molecule has 0 unspecified atom stereocenters. The highest BCUT2D eigenvalue weighted by atomic mass is 16.6. The monoisotopic (exact) mass is 303 g/mol. The van der Waals surface area contributed by atoms with Crippen LogP contribution in [0.3, 0.4) is 0 Å². The van der Waals surface area contributed by atoms with Gasteiger partial charge in [-0.25, -0.2) is 0 Å². The van der Waals surface area contributed by atoms with Crippen molar-refractivity contribution in [1.82, 2.24) is 0 Å². The van der Waals surface area contributed by atoms with Crippen molar-refractivity contribution in [3.63, 3.8) is 0 Å². The second-order valence-electron chi connectivity index (χ2n) is 4.19. The average Bonchev–Trinajstić information content (AvgIpc) is 2.46. The predicted octanol–water partition coefficient (Wildman–Crippen LogP) is 2.66. The minimum atomic E-state index is -0.657. The van der Waals surface area contributed by atoms with Gasteiger partial charge in [-0.3, -0.25) is 25.2 Å². The molecule has 112 valence electrons. The Hall–Kier alpha value is -3.49. The van der Waals surface area contributed by atoms with Crippen LogP contribution in [-0.4, -0.2) is 26.3 Å². The van der Waals surface area contributed by atoms with Gasteiger partial charge in [-0.1, -0.05) is 0 Å². The summed E-state index contributed by atoms with van der Waals surface area (Å²) in [6.07, 6.45) is 1.18. The number of nitrogens with zero attached hydrogens (tertiary/aromatic N) is 3. The van der Waals surface area contributed by atoms with E-state index < -0.39 is 15.6 Å². The number of benzene rings is 2. The quantitative estimate of drug-likeness (QED) is 0.505. The topological polar surface area (TPSA) is 139 Å². The molecule has 0 heterocycles. The zero-order valence-corrected chi connectivity index (χ0v) is 10.9. The van der Waals surface area contributed by atoms with Crippen molar-refractivity contribution >= 4 is 23.3 Å². The van der Waals surface area contributed by atoms with Crippen molar-refractivity contribution in [3.8, 4) is 11.5 Å². The van der Waals surface area contributed by atoms with Crippen molar-refractivity contribution in [2.24, 2.45) is 4.99 Å². The fraction of sp³-hybridized carbons (Fsp3) is 0. The zero-order valence-electron chi connectivity index (χ0n) is 10.9. The fourth-order valence-electron chi connectivity index (χ4n) is 1.63. The van der Waals surface area contributed by atoms with Crippen LogP contribution >= 0.6 is 0 Å². The summed E-state index contributed by atoms with van der Waals surface area (Å²) >= 11 is 0. The molecule has 0 aromatic heterocycles. The molecule has 0 aliphatic heterocycles. The maximum atomic E-state index is 10.5. The van der Waals surface area contributed by atoms with Gasteiger partial charge in [0.1, 0.15) is 17.2 Å². The SMILES string of the molecule is O=[N+]([O-])c1ccc(C=Nc2ccc([N+](=O)[O-])cc2O)c(O)c1. The third-order valence-corrected chi connectivity index (χ3v) is 2.74. The van der Waals surface area contributed by atoms with Crippen LogP contribution in [-0.2, 0) is 0 Å². The third-order valence-electron chi connectivity index (χ3n) is 2.74. The van der Waals surface area contributed by atoms with E-state index in [1.165, 1.54) is 30.5 Å². The lowest BCUT2D eigenvalue weighted by Crippen LogP contribution is -1.90. The lowest BCUT2D eigenvalue weighted by molar-refractivity contribution is -0.385. The van der Waals surface area contributed by atoms with Crippen LogP contribution < -0.4 is 0 Å². The first-order valence-electron chi connectivity index (χ1n) is 5.87. The van der Waals surface area contributed by atoms with Crippen molar-refractivity contribution < 1.29 is 20.1 Å². The van der Waals surface area contributed by atoms with Gasteiger partial charge in [-0.2, -0.15) is 0 Å². The molecule has 2 aromatic carbocycles. The van der Waals surface area contributed by atoms with Crippen LogP contribution in [0.1, 0.15) is 5.56 Å². The highest BCUT2D eigenvalue weighted by Gasteiger charge is 2.11. The second-order valence-corrected chi connectivity index (χ2v) is 4.19. The number of phenols is 2. The number of aromatic hydroxyl groups is 2. The smallest absolute Gasteiger partial charge is 0.273 e. The number of nitro benzene ring substituents is 2. The number of rotatable bonds is 4. The molecule has 0 spiro atoms. The van der Waals surface area contributed by atoms with Gasteiger partial charge in [0.2, 0.25) is 0 Å². The van der Waals surface area contributed by atoms with Crippen LogP contribution in [0.15, 0.2) is 41.4 Å². The van der Waals surface area contributed by atoms with E-state index in [-0.39, 0.29) is 28.4 Å². The Morgan fingerprint density at radius 1 is 0.909 bits per heavy atom. The first-order valence-corrected chi connectivity index (χ1v) is 5.87. The maximum Gasteiger partial charge on any atom is 0.273 e. The van der Waals surface area contributed by atoms with Crippen LogP contribution in [0.2, 0.25) is 0 Å². The van der Waals surface area contributed by atoms with E-state index >= 15 is 0 Å². The summed E-state index contributed by atoms with van der Waals surface area (Å²) in [7, 11) is 0. The number of phenolic OH excluding ortho intramolecular Hbond substituents is 2. The summed E-state index contributed by atoms with van der Waals surface area (Å²) < 4.78 is 0. The molecule has 0 saturated heterocycles.